The number of aliphatic hydroxyl groups excluding tert-OH is 1. The topological polar surface area (TPSA) is 29.5 Å². The third-order valence-corrected chi connectivity index (χ3v) is 2.89. The zero-order valence-corrected chi connectivity index (χ0v) is 7.96. The summed E-state index contributed by atoms with van der Waals surface area (Å²) in [4.78, 5) is 0. The molecule has 2 heteroatoms. The summed E-state index contributed by atoms with van der Waals surface area (Å²) in [7, 11) is 0. The minimum absolute atomic E-state index is 0.341. The van der Waals surface area contributed by atoms with Gasteiger partial charge >= 0.3 is 0 Å². The smallest absolute Gasteiger partial charge is 0.0468 e. The first kappa shape index (κ1) is 10.0. The average Bonchev–Trinajstić information content (AvgIpc) is 2.15. The highest BCUT2D eigenvalue weighted by Gasteiger charge is 2.19. The van der Waals surface area contributed by atoms with Crippen molar-refractivity contribution >= 4 is 0 Å². The Hall–Kier alpha value is -0.0800. The summed E-state index contributed by atoms with van der Waals surface area (Å²) in [5.41, 5.74) is 0. The lowest BCUT2D eigenvalue weighted by Gasteiger charge is -2.27. The van der Waals surface area contributed by atoms with Crippen molar-refractivity contribution in [3.63, 3.8) is 0 Å². The number of hydrogen-bond donors (Lipinski definition) is 1. The van der Waals surface area contributed by atoms with E-state index in [1.54, 1.807) is 0 Å². The van der Waals surface area contributed by atoms with Crippen LogP contribution in [0.1, 0.15) is 32.6 Å². The molecule has 1 N–H and O–H groups in total. The highest BCUT2D eigenvalue weighted by Crippen LogP contribution is 2.26. The fraction of sp³-hybridized carbons (Fsp3) is 1.00. The maximum Gasteiger partial charge on any atom is 0.0468 e. The van der Waals surface area contributed by atoms with Crippen molar-refractivity contribution in [3.05, 3.63) is 0 Å². The zero-order chi connectivity index (χ0) is 8.81. The lowest BCUT2D eigenvalue weighted by atomic mass is 9.84. The Bertz CT molecular complexity index is 108. The minimum Gasteiger partial charge on any atom is -0.396 e. The molecule has 0 radical (unpaired) electrons. The van der Waals surface area contributed by atoms with Gasteiger partial charge in [0.05, 0.1) is 0 Å². The van der Waals surface area contributed by atoms with Crippen molar-refractivity contribution in [2.75, 3.05) is 19.8 Å². The predicted octanol–water partition coefficient (Wildman–Crippen LogP) is 1.82. The minimum atomic E-state index is 0.341. The largest absolute Gasteiger partial charge is 0.396 e. The Kier molecular flexibility index (Phi) is 4.62. The number of hydrogen-bond acceptors (Lipinski definition) is 2. The first-order valence-corrected chi connectivity index (χ1v) is 5.03. The molecule has 0 amide bonds. The van der Waals surface area contributed by atoms with Crippen molar-refractivity contribution in [1.29, 1.82) is 0 Å². The molecule has 0 saturated carbocycles. The molecule has 1 aliphatic rings. The highest BCUT2D eigenvalue weighted by molar-refractivity contribution is 4.69. The zero-order valence-electron chi connectivity index (χ0n) is 7.96. The van der Waals surface area contributed by atoms with Crippen molar-refractivity contribution in [1.82, 2.24) is 0 Å². The SMILES string of the molecule is CC(CCCO)C1CCOCC1. The van der Waals surface area contributed by atoms with Gasteiger partial charge < -0.3 is 9.84 Å². The Morgan fingerprint density at radius 2 is 2.08 bits per heavy atom. The molecule has 0 aromatic carbocycles. The summed E-state index contributed by atoms with van der Waals surface area (Å²) >= 11 is 0. The van der Waals surface area contributed by atoms with E-state index in [1.165, 1.54) is 19.3 Å². The van der Waals surface area contributed by atoms with Gasteiger partial charge in [-0.15, -0.1) is 0 Å². The van der Waals surface area contributed by atoms with Gasteiger partial charge in [-0.3, -0.25) is 0 Å². The van der Waals surface area contributed by atoms with Crippen molar-refractivity contribution < 1.29 is 9.84 Å². The fourth-order valence-corrected chi connectivity index (χ4v) is 1.93. The molecule has 1 aliphatic heterocycles. The van der Waals surface area contributed by atoms with E-state index in [4.69, 9.17) is 9.84 Å². The average molecular weight is 172 g/mol. The van der Waals surface area contributed by atoms with Crippen LogP contribution < -0.4 is 0 Å². The molecule has 72 valence electrons. The number of rotatable bonds is 4. The molecule has 1 saturated heterocycles. The van der Waals surface area contributed by atoms with Gasteiger partial charge in [-0.2, -0.15) is 0 Å². The van der Waals surface area contributed by atoms with Gasteiger partial charge in [0.2, 0.25) is 0 Å². The second kappa shape index (κ2) is 5.55. The van der Waals surface area contributed by atoms with Crippen LogP contribution in [0.4, 0.5) is 0 Å². The molecule has 2 nitrogen and oxygen atoms in total. The summed E-state index contributed by atoms with van der Waals surface area (Å²) < 4.78 is 5.30. The van der Waals surface area contributed by atoms with Gasteiger partial charge in [0.1, 0.15) is 0 Å². The van der Waals surface area contributed by atoms with Crippen molar-refractivity contribution in [2.45, 2.75) is 32.6 Å². The summed E-state index contributed by atoms with van der Waals surface area (Å²) in [5.74, 6) is 1.60. The van der Waals surface area contributed by atoms with Crippen LogP contribution in [0.25, 0.3) is 0 Å². The third kappa shape index (κ3) is 3.11. The van der Waals surface area contributed by atoms with Crippen molar-refractivity contribution in [3.8, 4) is 0 Å². The molecule has 1 atom stereocenters. The van der Waals surface area contributed by atoms with Crippen LogP contribution in [0.3, 0.4) is 0 Å². The second-order valence-corrected chi connectivity index (χ2v) is 3.79. The van der Waals surface area contributed by atoms with Crippen LogP contribution in [-0.4, -0.2) is 24.9 Å². The van der Waals surface area contributed by atoms with E-state index in [0.717, 1.165) is 31.5 Å². The van der Waals surface area contributed by atoms with E-state index < -0.39 is 0 Å². The maximum atomic E-state index is 8.69. The molecule has 0 spiro atoms. The Morgan fingerprint density at radius 3 is 2.67 bits per heavy atom. The van der Waals surface area contributed by atoms with Crippen LogP contribution >= 0.6 is 0 Å². The van der Waals surface area contributed by atoms with Gasteiger partial charge in [0.25, 0.3) is 0 Å². The maximum absolute atomic E-state index is 8.69. The molecular weight excluding hydrogens is 152 g/mol. The molecule has 1 unspecified atom stereocenters. The van der Waals surface area contributed by atoms with Crippen LogP contribution in [0.15, 0.2) is 0 Å². The van der Waals surface area contributed by atoms with E-state index in [-0.39, 0.29) is 0 Å². The first-order valence-electron chi connectivity index (χ1n) is 5.03. The summed E-state index contributed by atoms with van der Waals surface area (Å²) in [6.07, 6.45) is 4.55. The van der Waals surface area contributed by atoms with Crippen LogP contribution in [0.2, 0.25) is 0 Å². The Morgan fingerprint density at radius 1 is 1.42 bits per heavy atom. The molecule has 1 fully saturated rings. The molecule has 0 aliphatic carbocycles. The van der Waals surface area contributed by atoms with E-state index in [0.29, 0.717) is 6.61 Å². The standard InChI is InChI=1S/C10H20O2/c1-9(3-2-6-11)10-4-7-12-8-5-10/h9-11H,2-8H2,1H3. The van der Waals surface area contributed by atoms with Gasteiger partial charge in [0, 0.05) is 19.8 Å². The number of aliphatic hydroxyl groups is 1. The first-order chi connectivity index (χ1) is 5.84. The summed E-state index contributed by atoms with van der Waals surface area (Å²) in [6, 6.07) is 0. The lowest BCUT2D eigenvalue weighted by Crippen LogP contribution is -2.21. The van der Waals surface area contributed by atoms with Gasteiger partial charge in [-0.1, -0.05) is 6.92 Å². The molecule has 0 bridgehead atoms. The Balaban J connectivity index is 2.15. The molecule has 12 heavy (non-hydrogen) atoms. The van der Waals surface area contributed by atoms with E-state index >= 15 is 0 Å². The van der Waals surface area contributed by atoms with Gasteiger partial charge in [-0.05, 0) is 37.5 Å². The molecular formula is C10H20O2. The molecule has 0 aromatic rings. The Labute approximate surface area is 74.9 Å². The highest BCUT2D eigenvalue weighted by atomic mass is 16.5. The normalized spacial score (nSPS) is 22.5. The van der Waals surface area contributed by atoms with Crippen LogP contribution in [0, 0.1) is 11.8 Å². The van der Waals surface area contributed by atoms with Crippen molar-refractivity contribution in [2.24, 2.45) is 11.8 Å². The molecule has 1 heterocycles. The lowest BCUT2D eigenvalue weighted by molar-refractivity contribution is 0.0470. The molecule has 0 aromatic heterocycles. The van der Waals surface area contributed by atoms with Crippen LogP contribution in [-0.2, 0) is 4.74 Å². The van der Waals surface area contributed by atoms with Gasteiger partial charge in [0.15, 0.2) is 0 Å². The number of ether oxygens (including phenoxy) is 1. The van der Waals surface area contributed by atoms with E-state index in [2.05, 4.69) is 6.92 Å². The van der Waals surface area contributed by atoms with E-state index in [9.17, 15) is 0 Å². The predicted molar refractivity (Wildman–Crippen MR) is 49.0 cm³/mol. The fourth-order valence-electron chi connectivity index (χ4n) is 1.93. The van der Waals surface area contributed by atoms with Crippen LogP contribution in [0.5, 0.6) is 0 Å². The summed E-state index contributed by atoms with van der Waals surface area (Å²) in [5, 5.41) is 8.69. The quantitative estimate of drug-likeness (QED) is 0.701. The third-order valence-electron chi connectivity index (χ3n) is 2.89. The molecule has 1 rings (SSSR count). The summed E-state index contributed by atoms with van der Waals surface area (Å²) in [6.45, 7) is 4.52. The monoisotopic (exact) mass is 172 g/mol. The van der Waals surface area contributed by atoms with E-state index in [1.807, 2.05) is 0 Å². The second-order valence-electron chi connectivity index (χ2n) is 3.79. The van der Waals surface area contributed by atoms with Gasteiger partial charge in [-0.25, -0.2) is 0 Å².